The van der Waals surface area contributed by atoms with Crippen LogP contribution in [0, 0.1) is 0 Å². The third kappa shape index (κ3) is 3.71. The molecule has 2 unspecified atom stereocenters. The summed E-state index contributed by atoms with van der Waals surface area (Å²) in [7, 11) is 1.61. The molecule has 1 heterocycles. The molecule has 1 fully saturated rings. The number of hydrogen-bond donors (Lipinski definition) is 2. The van der Waals surface area contributed by atoms with Gasteiger partial charge in [0.25, 0.3) is 0 Å². The highest BCUT2D eigenvalue weighted by atomic mass is 32.2. The van der Waals surface area contributed by atoms with Crippen molar-refractivity contribution in [2.24, 2.45) is 0 Å². The number of hydrogen-bond acceptors (Lipinski definition) is 5. The number of amides is 1. The maximum atomic E-state index is 11.3. The molecule has 1 saturated heterocycles. The first-order chi connectivity index (χ1) is 7.17. The molecule has 0 aromatic heterocycles. The van der Waals surface area contributed by atoms with Gasteiger partial charge in [0.2, 0.25) is 5.91 Å². The standard InChI is InChI=1S/C9H16N2O3S/c1-3-14-9(13)15-6-4-7(11-5-6)8(12)10-2/h6-7,11H,3-5H2,1-2H3,(H,10,12). The first-order valence-corrected chi connectivity index (χ1v) is 5.83. The lowest BCUT2D eigenvalue weighted by atomic mass is 10.2. The van der Waals surface area contributed by atoms with Gasteiger partial charge in [-0.2, -0.15) is 0 Å². The van der Waals surface area contributed by atoms with E-state index in [1.165, 1.54) is 0 Å². The molecule has 1 aliphatic rings. The van der Waals surface area contributed by atoms with Crippen molar-refractivity contribution in [2.45, 2.75) is 24.6 Å². The van der Waals surface area contributed by atoms with E-state index in [1.54, 1.807) is 14.0 Å². The van der Waals surface area contributed by atoms with Crippen molar-refractivity contribution in [1.82, 2.24) is 10.6 Å². The number of likely N-dealkylation sites (N-methyl/N-ethyl adjacent to an activating group) is 1. The minimum absolute atomic E-state index is 0.0260. The maximum Gasteiger partial charge on any atom is 0.367 e. The maximum absolute atomic E-state index is 11.3. The van der Waals surface area contributed by atoms with E-state index in [1.807, 2.05) is 0 Å². The number of nitrogens with one attached hydrogen (secondary N) is 2. The van der Waals surface area contributed by atoms with Crippen LogP contribution < -0.4 is 10.6 Å². The molecule has 0 saturated carbocycles. The van der Waals surface area contributed by atoms with Gasteiger partial charge in [-0.25, -0.2) is 4.79 Å². The SMILES string of the molecule is CCOC(=O)SC1CNC(C(=O)NC)C1. The Morgan fingerprint density at radius 2 is 2.33 bits per heavy atom. The van der Waals surface area contributed by atoms with Gasteiger partial charge in [-0.1, -0.05) is 0 Å². The average molecular weight is 232 g/mol. The van der Waals surface area contributed by atoms with Crippen molar-refractivity contribution in [3.05, 3.63) is 0 Å². The van der Waals surface area contributed by atoms with Crippen molar-refractivity contribution >= 4 is 23.0 Å². The van der Waals surface area contributed by atoms with Gasteiger partial charge in [-0.05, 0) is 25.1 Å². The predicted octanol–water partition coefficient (Wildman–Crippen LogP) is 0.353. The Balaban J connectivity index is 2.30. The Morgan fingerprint density at radius 3 is 2.93 bits per heavy atom. The molecule has 5 nitrogen and oxygen atoms in total. The molecule has 6 heteroatoms. The second-order valence-electron chi connectivity index (χ2n) is 3.23. The topological polar surface area (TPSA) is 67.4 Å². The quantitative estimate of drug-likeness (QED) is 0.687. The van der Waals surface area contributed by atoms with Crippen LogP contribution in [0.2, 0.25) is 0 Å². The number of carbonyl (C=O) groups excluding carboxylic acids is 2. The fourth-order valence-electron chi connectivity index (χ4n) is 1.45. The van der Waals surface area contributed by atoms with Crippen LogP contribution in [0.25, 0.3) is 0 Å². The molecule has 2 N–H and O–H groups in total. The zero-order chi connectivity index (χ0) is 11.3. The highest BCUT2D eigenvalue weighted by Gasteiger charge is 2.30. The van der Waals surface area contributed by atoms with E-state index in [0.29, 0.717) is 19.6 Å². The molecule has 1 aliphatic heterocycles. The van der Waals surface area contributed by atoms with Crippen LogP contribution in [0.5, 0.6) is 0 Å². The van der Waals surface area contributed by atoms with Gasteiger partial charge in [0.15, 0.2) is 0 Å². The van der Waals surface area contributed by atoms with Gasteiger partial charge in [-0.15, -0.1) is 0 Å². The third-order valence-electron chi connectivity index (χ3n) is 2.18. The van der Waals surface area contributed by atoms with Gasteiger partial charge in [0.1, 0.15) is 0 Å². The first kappa shape index (κ1) is 12.3. The van der Waals surface area contributed by atoms with Crippen molar-refractivity contribution in [1.29, 1.82) is 0 Å². The number of thioether (sulfide) groups is 1. The van der Waals surface area contributed by atoms with Crippen LogP contribution in [0.1, 0.15) is 13.3 Å². The van der Waals surface area contributed by atoms with Crippen LogP contribution in [-0.4, -0.2) is 42.7 Å². The molecule has 1 amide bonds. The predicted molar refractivity (Wildman–Crippen MR) is 58.9 cm³/mol. The molecule has 0 spiro atoms. The van der Waals surface area contributed by atoms with Crippen molar-refractivity contribution in [3.63, 3.8) is 0 Å². The number of ether oxygens (including phenoxy) is 1. The van der Waals surface area contributed by atoms with Crippen LogP contribution in [0.4, 0.5) is 4.79 Å². The molecular weight excluding hydrogens is 216 g/mol. The molecule has 2 atom stereocenters. The van der Waals surface area contributed by atoms with Gasteiger partial charge < -0.3 is 15.4 Å². The minimum Gasteiger partial charge on any atom is -0.458 e. The van der Waals surface area contributed by atoms with E-state index >= 15 is 0 Å². The minimum atomic E-state index is -0.262. The van der Waals surface area contributed by atoms with Gasteiger partial charge in [0, 0.05) is 18.8 Å². The summed E-state index contributed by atoms with van der Waals surface area (Å²) < 4.78 is 4.82. The van der Waals surface area contributed by atoms with Crippen LogP contribution in [0.3, 0.4) is 0 Å². The lowest BCUT2D eigenvalue weighted by molar-refractivity contribution is -0.122. The summed E-state index contributed by atoms with van der Waals surface area (Å²) in [6.45, 7) is 2.84. The largest absolute Gasteiger partial charge is 0.458 e. The molecule has 15 heavy (non-hydrogen) atoms. The van der Waals surface area contributed by atoms with E-state index in [0.717, 1.165) is 11.8 Å². The fraction of sp³-hybridized carbons (Fsp3) is 0.778. The smallest absolute Gasteiger partial charge is 0.367 e. The Labute approximate surface area is 93.3 Å². The molecule has 0 radical (unpaired) electrons. The lowest BCUT2D eigenvalue weighted by Crippen LogP contribution is -2.38. The molecule has 0 aliphatic carbocycles. The molecule has 0 bridgehead atoms. The molecule has 0 aromatic carbocycles. The van der Waals surface area contributed by atoms with Gasteiger partial charge >= 0.3 is 5.30 Å². The van der Waals surface area contributed by atoms with E-state index in [4.69, 9.17) is 4.74 Å². The van der Waals surface area contributed by atoms with E-state index in [-0.39, 0.29) is 22.5 Å². The van der Waals surface area contributed by atoms with E-state index < -0.39 is 0 Å². The first-order valence-electron chi connectivity index (χ1n) is 4.95. The van der Waals surface area contributed by atoms with Crippen molar-refractivity contribution in [2.75, 3.05) is 20.2 Å². The monoisotopic (exact) mass is 232 g/mol. The molecular formula is C9H16N2O3S. The summed E-state index contributed by atoms with van der Waals surface area (Å²) in [5.41, 5.74) is 0. The van der Waals surface area contributed by atoms with Crippen LogP contribution >= 0.6 is 11.8 Å². The Hall–Kier alpha value is -0.750. The Bertz CT molecular complexity index is 248. The molecule has 86 valence electrons. The highest BCUT2D eigenvalue weighted by Crippen LogP contribution is 2.22. The highest BCUT2D eigenvalue weighted by molar-refractivity contribution is 8.13. The average Bonchev–Trinajstić information content (AvgIpc) is 2.65. The van der Waals surface area contributed by atoms with Gasteiger partial charge in [0.05, 0.1) is 12.6 Å². The second kappa shape index (κ2) is 5.97. The van der Waals surface area contributed by atoms with Crippen molar-refractivity contribution < 1.29 is 14.3 Å². The summed E-state index contributed by atoms with van der Waals surface area (Å²) in [6, 6.07) is -0.179. The van der Waals surface area contributed by atoms with Crippen LogP contribution in [-0.2, 0) is 9.53 Å². The fourth-order valence-corrected chi connectivity index (χ4v) is 2.38. The summed E-state index contributed by atoms with van der Waals surface area (Å²) in [4.78, 5) is 22.4. The Kier molecular flexibility index (Phi) is 4.90. The van der Waals surface area contributed by atoms with Crippen molar-refractivity contribution in [3.8, 4) is 0 Å². The molecule has 1 rings (SSSR count). The molecule has 0 aromatic rings. The lowest BCUT2D eigenvalue weighted by Gasteiger charge is -2.08. The Morgan fingerprint density at radius 1 is 1.60 bits per heavy atom. The summed E-state index contributed by atoms with van der Waals surface area (Å²) in [5.74, 6) is -0.0260. The summed E-state index contributed by atoms with van der Waals surface area (Å²) >= 11 is 1.16. The summed E-state index contributed by atoms with van der Waals surface area (Å²) in [6.07, 6.45) is 0.670. The van der Waals surface area contributed by atoms with E-state index in [2.05, 4.69) is 10.6 Å². The summed E-state index contributed by atoms with van der Waals surface area (Å²) in [5, 5.41) is 5.51. The number of rotatable bonds is 3. The zero-order valence-electron chi connectivity index (χ0n) is 8.91. The third-order valence-corrected chi connectivity index (χ3v) is 3.18. The normalized spacial score (nSPS) is 24.9. The van der Waals surface area contributed by atoms with Gasteiger partial charge in [-0.3, -0.25) is 4.79 Å². The second-order valence-corrected chi connectivity index (χ2v) is 4.47. The van der Waals surface area contributed by atoms with Crippen LogP contribution in [0.15, 0.2) is 0 Å². The van der Waals surface area contributed by atoms with E-state index in [9.17, 15) is 9.59 Å². The number of carbonyl (C=O) groups is 2. The zero-order valence-corrected chi connectivity index (χ0v) is 9.73.